The summed E-state index contributed by atoms with van der Waals surface area (Å²) in [5.41, 5.74) is 2.67. The Morgan fingerprint density at radius 1 is 0.812 bits per heavy atom. The maximum atomic E-state index is 10.2. The molecule has 1 N–H and O–H groups in total. The first-order chi connectivity index (χ1) is 21.6. The standard InChI is InChI=1S/C40H78O5Si3/c1-29(42-26-25-39(8,9)41)32-22-23-33-31(19-18-24-40(32,33)10)21-20-30-27-34(43-47(14,15)37(2,3)4)36(45-46(11,12)13)35(28-30)44-48(16,17)38(5,6)7/h20-21,29,32-36,41H,18-19,22-28H2,1-17H3/b30-20?,31-21+/t29-,32?,33?,34-,35-,36?,40?/m1/s1. The molecule has 48 heavy (non-hydrogen) atoms. The minimum Gasteiger partial charge on any atom is -0.411 e. The van der Waals surface area contributed by atoms with Gasteiger partial charge in [0.15, 0.2) is 25.0 Å². The van der Waals surface area contributed by atoms with Gasteiger partial charge in [-0.05, 0) is 145 Å². The van der Waals surface area contributed by atoms with E-state index in [4.69, 9.17) is 18.0 Å². The maximum Gasteiger partial charge on any atom is 0.192 e. The van der Waals surface area contributed by atoms with Gasteiger partial charge in [0.25, 0.3) is 0 Å². The predicted molar refractivity (Wildman–Crippen MR) is 212 cm³/mol. The number of fused-ring (bicyclic) bond motifs is 1. The van der Waals surface area contributed by atoms with E-state index in [0.717, 1.165) is 12.8 Å². The molecule has 0 aromatic rings. The van der Waals surface area contributed by atoms with Crippen LogP contribution in [0.15, 0.2) is 23.3 Å². The summed E-state index contributed by atoms with van der Waals surface area (Å²) in [5.74, 6) is 1.16. The van der Waals surface area contributed by atoms with Crippen molar-refractivity contribution in [1.82, 2.24) is 0 Å². The first kappa shape index (κ1) is 42.3. The molecular weight excluding hydrogens is 645 g/mol. The number of ether oxygens (including phenoxy) is 1. The first-order valence-electron chi connectivity index (χ1n) is 19.3. The van der Waals surface area contributed by atoms with E-state index in [1.165, 1.54) is 37.7 Å². The zero-order chi connectivity index (χ0) is 36.7. The van der Waals surface area contributed by atoms with Gasteiger partial charge in [0, 0.05) is 6.61 Å². The Morgan fingerprint density at radius 3 is 1.79 bits per heavy atom. The molecule has 0 aliphatic heterocycles. The third-order valence-electron chi connectivity index (χ3n) is 12.9. The second-order valence-corrected chi connectivity index (χ2v) is 34.7. The molecule has 3 saturated carbocycles. The van der Waals surface area contributed by atoms with Crippen LogP contribution in [0, 0.1) is 17.3 Å². The fraction of sp³-hybridized carbons (Fsp3) is 0.900. The SMILES string of the molecule is C[C@@H](OCCC(C)(C)O)C1CCC2/C(=C/C=C3C[C@@H](O[Si](C)(C)C(C)(C)C)C(O[Si](C)(C)C)[C@H](O[Si](C)(C)C(C)(C)C)C3)CCCC21C. The molecule has 3 aliphatic carbocycles. The van der Waals surface area contributed by atoms with Gasteiger partial charge in [0.1, 0.15) is 0 Å². The maximum absolute atomic E-state index is 10.2. The lowest BCUT2D eigenvalue weighted by atomic mass is 9.62. The van der Waals surface area contributed by atoms with Crippen LogP contribution in [0.5, 0.6) is 0 Å². The van der Waals surface area contributed by atoms with Crippen LogP contribution < -0.4 is 0 Å². The van der Waals surface area contributed by atoms with E-state index in [1.54, 1.807) is 5.57 Å². The summed E-state index contributed by atoms with van der Waals surface area (Å²) in [7, 11) is -6.00. The van der Waals surface area contributed by atoms with Crippen LogP contribution in [0.25, 0.3) is 0 Å². The smallest absolute Gasteiger partial charge is 0.192 e. The van der Waals surface area contributed by atoms with Crippen molar-refractivity contribution in [1.29, 1.82) is 0 Å². The second-order valence-electron chi connectivity index (χ2n) is 20.7. The molecule has 0 saturated heterocycles. The minimum atomic E-state index is -2.06. The van der Waals surface area contributed by atoms with E-state index in [0.29, 0.717) is 24.9 Å². The molecule has 0 bridgehead atoms. The lowest BCUT2D eigenvalue weighted by molar-refractivity contribution is -0.0502. The van der Waals surface area contributed by atoms with Crippen molar-refractivity contribution < 1.29 is 23.1 Å². The molecule has 3 rings (SSSR count). The molecule has 3 aliphatic rings. The number of hydrogen-bond donors (Lipinski definition) is 1. The minimum absolute atomic E-state index is 0.000152. The molecule has 8 heteroatoms. The molecule has 0 aromatic carbocycles. The van der Waals surface area contributed by atoms with Crippen molar-refractivity contribution in [2.24, 2.45) is 17.3 Å². The lowest BCUT2D eigenvalue weighted by Gasteiger charge is -2.49. The number of allylic oxidation sites excluding steroid dienone is 3. The molecule has 5 nitrogen and oxygen atoms in total. The molecule has 0 spiro atoms. The molecule has 3 fully saturated rings. The van der Waals surface area contributed by atoms with Crippen molar-refractivity contribution in [2.75, 3.05) is 6.61 Å². The van der Waals surface area contributed by atoms with Crippen LogP contribution >= 0.6 is 0 Å². The van der Waals surface area contributed by atoms with Crippen LogP contribution in [0.4, 0.5) is 0 Å². The van der Waals surface area contributed by atoms with Gasteiger partial charge in [-0.1, -0.05) is 71.8 Å². The van der Waals surface area contributed by atoms with Gasteiger partial charge >= 0.3 is 0 Å². The Hall–Kier alpha value is -0.0694. The van der Waals surface area contributed by atoms with Crippen LogP contribution in [0.1, 0.15) is 121 Å². The Labute approximate surface area is 300 Å². The van der Waals surface area contributed by atoms with E-state index in [9.17, 15) is 5.11 Å². The van der Waals surface area contributed by atoms with Gasteiger partial charge in [0.2, 0.25) is 0 Å². The Balaban J connectivity index is 1.95. The normalized spacial score (nSPS) is 31.2. The fourth-order valence-electron chi connectivity index (χ4n) is 7.98. The van der Waals surface area contributed by atoms with Gasteiger partial charge in [-0.15, -0.1) is 0 Å². The van der Waals surface area contributed by atoms with E-state index in [-0.39, 0.29) is 39.9 Å². The molecule has 280 valence electrons. The first-order valence-corrected chi connectivity index (χ1v) is 28.5. The summed E-state index contributed by atoms with van der Waals surface area (Å²) in [6, 6.07) is 0. The van der Waals surface area contributed by atoms with Crippen molar-refractivity contribution in [3.63, 3.8) is 0 Å². The topological polar surface area (TPSA) is 57.2 Å². The average molecular weight is 723 g/mol. The van der Waals surface area contributed by atoms with Crippen LogP contribution in [0.3, 0.4) is 0 Å². The summed E-state index contributed by atoms with van der Waals surface area (Å²) in [4.78, 5) is 0. The Bertz CT molecular complexity index is 1090. The molecule has 3 unspecified atom stereocenters. The van der Waals surface area contributed by atoms with Gasteiger partial charge in [-0.2, -0.15) is 0 Å². The monoisotopic (exact) mass is 723 g/mol. The molecule has 0 aromatic heterocycles. The van der Waals surface area contributed by atoms with E-state index in [1.807, 2.05) is 13.8 Å². The zero-order valence-corrected chi connectivity index (χ0v) is 37.6. The van der Waals surface area contributed by atoms with E-state index < -0.39 is 30.6 Å². The quantitative estimate of drug-likeness (QED) is 0.203. The van der Waals surface area contributed by atoms with Crippen molar-refractivity contribution in [3.05, 3.63) is 23.3 Å². The van der Waals surface area contributed by atoms with Crippen molar-refractivity contribution in [3.8, 4) is 0 Å². The van der Waals surface area contributed by atoms with Gasteiger partial charge in [0.05, 0.1) is 30.0 Å². The van der Waals surface area contributed by atoms with Gasteiger partial charge in [-0.25, -0.2) is 0 Å². The van der Waals surface area contributed by atoms with E-state index >= 15 is 0 Å². The summed E-state index contributed by atoms with van der Waals surface area (Å²) in [6.07, 6.45) is 13.9. The fourth-order valence-corrected chi connectivity index (χ4v) is 11.8. The largest absolute Gasteiger partial charge is 0.411 e. The van der Waals surface area contributed by atoms with Crippen LogP contribution in [-0.2, 0) is 18.0 Å². The van der Waals surface area contributed by atoms with Crippen molar-refractivity contribution in [2.45, 2.75) is 207 Å². The lowest BCUT2D eigenvalue weighted by Crippen LogP contribution is -2.58. The third-order valence-corrected chi connectivity index (χ3v) is 22.9. The van der Waals surface area contributed by atoms with Gasteiger partial charge < -0.3 is 23.1 Å². The molecule has 0 heterocycles. The van der Waals surface area contributed by atoms with Crippen LogP contribution in [0.2, 0.25) is 55.9 Å². The number of aliphatic hydroxyl groups is 1. The highest BCUT2D eigenvalue weighted by atomic mass is 28.4. The third kappa shape index (κ3) is 10.7. The highest BCUT2D eigenvalue weighted by Crippen LogP contribution is 2.58. The van der Waals surface area contributed by atoms with Crippen molar-refractivity contribution >= 4 is 25.0 Å². The molecule has 0 radical (unpaired) electrons. The van der Waals surface area contributed by atoms with E-state index in [2.05, 4.69) is 113 Å². The van der Waals surface area contributed by atoms with Gasteiger partial charge in [-0.3, -0.25) is 0 Å². The number of rotatable bonds is 12. The molecule has 0 amide bonds. The van der Waals surface area contributed by atoms with Crippen LogP contribution in [-0.4, -0.2) is 66.7 Å². The second kappa shape index (κ2) is 15.1. The highest BCUT2D eigenvalue weighted by molar-refractivity contribution is 6.74. The highest BCUT2D eigenvalue weighted by Gasteiger charge is 2.52. The Kier molecular flexibility index (Phi) is 13.3. The Morgan fingerprint density at radius 2 is 1.33 bits per heavy atom. The average Bonchev–Trinajstić information content (AvgIpc) is 3.23. The zero-order valence-electron chi connectivity index (χ0n) is 34.6. The summed E-state index contributed by atoms with van der Waals surface area (Å²) in [6.45, 7) is 39.7. The number of hydrogen-bond acceptors (Lipinski definition) is 5. The molecule has 6 atom stereocenters. The summed E-state index contributed by atoms with van der Waals surface area (Å²) >= 11 is 0. The summed E-state index contributed by atoms with van der Waals surface area (Å²) in [5, 5.41) is 10.4. The molecular formula is C40H78O5Si3. The predicted octanol–water partition coefficient (Wildman–Crippen LogP) is 11.4. The summed E-state index contributed by atoms with van der Waals surface area (Å²) < 4.78 is 28.1.